The Labute approximate surface area is 134 Å². The molecule has 6 heteroatoms. The molecule has 2 heterocycles. The largest absolute Gasteiger partial charge is 0.377 e. The fourth-order valence-electron chi connectivity index (χ4n) is 4.26. The van der Waals surface area contributed by atoms with E-state index in [1.165, 1.54) is 11.3 Å². The lowest BCUT2D eigenvalue weighted by Gasteiger charge is -2.57. The van der Waals surface area contributed by atoms with E-state index in [4.69, 9.17) is 4.74 Å². The number of carbonyl (C=O) groups excluding carboxylic acids is 1. The number of hydrogen-bond acceptors (Lipinski definition) is 4. The topological polar surface area (TPSA) is 51.5 Å². The number of likely N-dealkylation sites (N-methyl/N-ethyl adjacent to an activating group) is 1. The molecule has 3 atom stereocenters. The summed E-state index contributed by atoms with van der Waals surface area (Å²) < 4.78 is 7.39. The van der Waals surface area contributed by atoms with Gasteiger partial charge in [0.25, 0.3) is 0 Å². The van der Waals surface area contributed by atoms with Crippen LogP contribution in [0.5, 0.6) is 0 Å². The third-order valence-electron chi connectivity index (χ3n) is 5.52. The van der Waals surface area contributed by atoms with E-state index in [-0.39, 0.29) is 34.9 Å². The van der Waals surface area contributed by atoms with Crippen LogP contribution >= 0.6 is 11.3 Å². The SMILES string of the molecule is Cc1sc(=O)n(CC(=O)N(C)[C@@H]2[C@H]3CCO[C@H]3C2(C)C)c1C. The van der Waals surface area contributed by atoms with E-state index in [1.807, 2.05) is 25.8 Å². The highest BCUT2D eigenvalue weighted by Gasteiger charge is 2.61. The Morgan fingerprint density at radius 2 is 2.14 bits per heavy atom. The standard InChI is InChI=1S/C16H24N2O3S/c1-9-10(2)22-15(20)18(9)8-12(19)17(5)13-11-6-7-21-14(11)16(13,3)4/h11,13-14H,6-8H2,1-5H3/t11-,13-,14-/m1/s1. The van der Waals surface area contributed by atoms with Crippen LogP contribution in [0.1, 0.15) is 30.8 Å². The van der Waals surface area contributed by atoms with Crippen molar-refractivity contribution in [1.82, 2.24) is 9.47 Å². The molecule has 1 aromatic heterocycles. The van der Waals surface area contributed by atoms with E-state index >= 15 is 0 Å². The molecular formula is C16H24N2O3S. The molecule has 3 rings (SSSR count). The minimum absolute atomic E-state index is 0.00595. The van der Waals surface area contributed by atoms with Crippen molar-refractivity contribution in [3.63, 3.8) is 0 Å². The van der Waals surface area contributed by atoms with E-state index in [2.05, 4.69) is 13.8 Å². The molecule has 0 bridgehead atoms. The Bertz CT molecular complexity index is 661. The van der Waals surface area contributed by atoms with E-state index in [1.54, 1.807) is 4.57 Å². The molecule has 1 aromatic rings. The molecule has 0 unspecified atom stereocenters. The van der Waals surface area contributed by atoms with Crippen LogP contribution in [-0.4, -0.2) is 41.2 Å². The van der Waals surface area contributed by atoms with Crippen LogP contribution in [0.4, 0.5) is 0 Å². The van der Waals surface area contributed by atoms with Crippen LogP contribution in [0, 0.1) is 25.2 Å². The summed E-state index contributed by atoms with van der Waals surface area (Å²) >= 11 is 1.21. The van der Waals surface area contributed by atoms with Gasteiger partial charge in [-0.15, -0.1) is 0 Å². The zero-order valence-electron chi connectivity index (χ0n) is 13.9. The van der Waals surface area contributed by atoms with Crippen molar-refractivity contribution < 1.29 is 9.53 Å². The molecule has 1 saturated heterocycles. The average Bonchev–Trinajstić information content (AvgIpc) is 2.97. The Morgan fingerprint density at radius 1 is 1.45 bits per heavy atom. The molecule has 1 saturated carbocycles. The fourth-order valence-corrected chi connectivity index (χ4v) is 5.09. The molecule has 122 valence electrons. The van der Waals surface area contributed by atoms with Gasteiger partial charge in [0.05, 0.1) is 6.10 Å². The number of carbonyl (C=O) groups is 1. The van der Waals surface area contributed by atoms with Crippen molar-refractivity contribution >= 4 is 17.2 Å². The summed E-state index contributed by atoms with van der Waals surface area (Å²) in [6, 6.07) is 0.197. The van der Waals surface area contributed by atoms with Gasteiger partial charge in [0.15, 0.2) is 0 Å². The van der Waals surface area contributed by atoms with Crippen LogP contribution in [0.25, 0.3) is 0 Å². The molecule has 2 fully saturated rings. The molecule has 5 nitrogen and oxygen atoms in total. The van der Waals surface area contributed by atoms with Crippen molar-refractivity contribution in [3.05, 3.63) is 20.2 Å². The summed E-state index contributed by atoms with van der Waals surface area (Å²) in [5, 5.41) is 0. The van der Waals surface area contributed by atoms with Gasteiger partial charge < -0.3 is 9.64 Å². The number of nitrogens with zero attached hydrogens (tertiary/aromatic N) is 2. The van der Waals surface area contributed by atoms with Gasteiger partial charge in [0.1, 0.15) is 6.54 Å². The predicted octanol–water partition coefficient (Wildman–Crippen LogP) is 1.80. The molecule has 2 aliphatic rings. The number of aryl methyl sites for hydroxylation is 1. The first kappa shape index (κ1) is 15.7. The Hall–Kier alpha value is -1.14. The highest BCUT2D eigenvalue weighted by molar-refractivity contribution is 7.09. The molecule has 0 radical (unpaired) electrons. The second-order valence-corrected chi connectivity index (χ2v) is 8.28. The van der Waals surface area contributed by atoms with Crippen LogP contribution in [0.15, 0.2) is 4.79 Å². The zero-order chi connectivity index (χ0) is 16.2. The average molecular weight is 324 g/mol. The maximum atomic E-state index is 12.7. The van der Waals surface area contributed by atoms with Gasteiger partial charge in [0.2, 0.25) is 5.91 Å². The Kier molecular flexibility index (Phi) is 3.72. The normalized spacial score (nSPS) is 29.0. The minimum Gasteiger partial charge on any atom is -0.377 e. The van der Waals surface area contributed by atoms with Crippen molar-refractivity contribution in [3.8, 4) is 0 Å². The van der Waals surface area contributed by atoms with E-state index in [0.29, 0.717) is 5.92 Å². The van der Waals surface area contributed by atoms with Crippen molar-refractivity contribution in [1.29, 1.82) is 0 Å². The van der Waals surface area contributed by atoms with Crippen molar-refractivity contribution in [2.75, 3.05) is 13.7 Å². The first-order valence-corrected chi connectivity index (χ1v) is 8.61. The quantitative estimate of drug-likeness (QED) is 0.852. The lowest BCUT2D eigenvalue weighted by molar-refractivity contribution is -0.167. The predicted molar refractivity (Wildman–Crippen MR) is 86.2 cm³/mol. The first-order valence-electron chi connectivity index (χ1n) is 7.79. The molecule has 0 spiro atoms. The number of ether oxygens (including phenoxy) is 1. The van der Waals surface area contributed by atoms with Crippen LogP contribution in [-0.2, 0) is 16.1 Å². The van der Waals surface area contributed by atoms with E-state index in [9.17, 15) is 9.59 Å². The van der Waals surface area contributed by atoms with Crippen LogP contribution < -0.4 is 4.87 Å². The smallest absolute Gasteiger partial charge is 0.308 e. The first-order chi connectivity index (χ1) is 10.2. The van der Waals surface area contributed by atoms with Crippen molar-refractivity contribution in [2.45, 2.75) is 52.8 Å². The molecule has 1 aliphatic heterocycles. The highest BCUT2D eigenvalue weighted by Crippen LogP contribution is 2.54. The van der Waals surface area contributed by atoms with Gasteiger partial charge in [-0.05, 0) is 20.3 Å². The number of amides is 1. The monoisotopic (exact) mass is 324 g/mol. The van der Waals surface area contributed by atoms with Gasteiger partial charge in [-0.2, -0.15) is 0 Å². The molecule has 1 amide bonds. The summed E-state index contributed by atoms with van der Waals surface area (Å²) in [6.45, 7) is 9.08. The van der Waals surface area contributed by atoms with Gasteiger partial charge in [-0.3, -0.25) is 14.2 Å². The maximum absolute atomic E-state index is 12.7. The number of aromatic nitrogens is 1. The third-order valence-corrected chi connectivity index (χ3v) is 6.51. The molecular weight excluding hydrogens is 300 g/mol. The van der Waals surface area contributed by atoms with Gasteiger partial charge in [-0.25, -0.2) is 0 Å². The Balaban J connectivity index is 1.77. The number of thiazole rings is 1. The van der Waals surface area contributed by atoms with E-state index < -0.39 is 0 Å². The molecule has 1 aliphatic carbocycles. The van der Waals surface area contributed by atoms with Crippen LogP contribution in [0.2, 0.25) is 0 Å². The van der Waals surface area contributed by atoms with Gasteiger partial charge >= 0.3 is 4.87 Å². The van der Waals surface area contributed by atoms with Gasteiger partial charge in [-0.1, -0.05) is 25.2 Å². The number of rotatable bonds is 3. The second kappa shape index (κ2) is 5.20. The molecule has 22 heavy (non-hydrogen) atoms. The lowest BCUT2D eigenvalue weighted by atomic mass is 9.57. The summed E-state index contributed by atoms with van der Waals surface area (Å²) in [7, 11) is 1.86. The minimum atomic E-state index is -0.0494. The summed E-state index contributed by atoms with van der Waals surface area (Å²) in [5.41, 5.74) is 0.877. The third kappa shape index (κ3) is 2.15. The number of hydrogen-bond donors (Lipinski definition) is 0. The van der Waals surface area contributed by atoms with Gasteiger partial charge in [0, 0.05) is 41.6 Å². The maximum Gasteiger partial charge on any atom is 0.308 e. The number of fused-ring (bicyclic) bond motifs is 1. The summed E-state index contributed by atoms with van der Waals surface area (Å²) in [5.74, 6) is 0.442. The fraction of sp³-hybridized carbons (Fsp3) is 0.750. The lowest BCUT2D eigenvalue weighted by Crippen LogP contribution is -2.67. The Morgan fingerprint density at radius 3 is 2.73 bits per heavy atom. The summed E-state index contributed by atoms with van der Waals surface area (Å²) in [6.07, 6.45) is 1.29. The molecule has 0 aromatic carbocycles. The highest BCUT2D eigenvalue weighted by atomic mass is 32.1. The van der Waals surface area contributed by atoms with Crippen LogP contribution in [0.3, 0.4) is 0 Å². The zero-order valence-corrected chi connectivity index (χ0v) is 14.7. The second-order valence-electron chi connectivity index (χ2n) is 7.11. The molecule has 0 N–H and O–H groups in total. The van der Waals surface area contributed by atoms with E-state index in [0.717, 1.165) is 23.6 Å². The van der Waals surface area contributed by atoms with Crippen molar-refractivity contribution in [2.24, 2.45) is 11.3 Å². The summed E-state index contributed by atoms with van der Waals surface area (Å²) in [4.78, 5) is 27.4.